The highest BCUT2D eigenvalue weighted by Crippen LogP contribution is 2.48. The van der Waals surface area contributed by atoms with Crippen LogP contribution < -0.4 is 0 Å². The highest BCUT2D eigenvalue weighted by atomic mass is 32.2. The molecule has 0 saturated carbocycles. The van der Waals surface area contributed by atoms with Crippen molar-refractivity contribution >= 4 is 45.4 Å². The lowest BCUT2D eigenvalue weighted by atomic mass is 9.94. The molecule has 0 bridgehead atoms. The second-order valence-corrected chi connectivity index (χ2v) is 9.66. The molecule has 156 valence electrons. The number of nitrogens with zero attached hydrogens (tertiary/aromatic N) is 4. The number of aliphatic carboxylic acids is 2. The molecule has 16 heteroatoms. The van der Waals surface area contributed by atoms with Gasteiger partial charge in [0.2, 0.25) is 5.16 Å². The molecule has 3 N–H and O–H groups in total. The molecule has 0 radical (unpaired) electrons. The zero-order valence-electron chi connectivity index (χ0n) is 14.5. The number of β-lactam (4-membered cyclic amide) rings is 1. The molecular formula is C13H13N5O9S2. The van der Waals surface area contributed by atoms with Crippen molar-refractivity contribution in [1.29, 1.82) is 0 Å². The minimum atomic E-state index is -4.43. The molecule has 0 spiro atoms. The summed E-state index contributed by atoms with van der Waals surface area (Å²) < 4.78 is 28.7. The molecule has 0 aromatic carbocycles. The predicted molar refractivity (Wildman–Crippen MR) is 91.0 cm³/mol. The van der Waals surface area contributed by atoms with Crippen molar-refractivity contribution in [1.82, 2.24) is 25.5 Å². The summed E-state index contributed by atoms with van der Waals surface area (Å²) in [5.74, 6) is -5.37. The first-order valence-electron chi connectivity index (χ1n) is 7.76. The number of amides is 1. The van der Waals surface area contributed by atoms with Gasteiger partial charge in [0.1, 0.15) is 11.4 Å². The summed E-state index contributed by atoms with van der Waals surface area (Å²) in [6, 6.07) is -1.85. The van der Waals surface area contributed by atoms with E-state index < -0.39 is 62.0 Å². The molecule has 3 heterocycles. The third-order valence-corrected chi connectivity index (χ3v) is 8.00. The Morgan fingerprint density at radius 3 is 2.62 bits per heavy atom. The van der Waals surface area contributed by atoms with Gasteiger partial charge in [0.25, 0.3) is 5.91 Å². The third kappa shape index (κ3) is 3.23. The van der Waals surface area contributed by atoms with Gasteiger partial charge >= 0.3 is 17.9 Å². The number of H-pyrrole nitrogens is 1. The van der Waals surface area contributed by atoms with Crippen LogP contribution in [0.5, 0.6) is 0 Å². The Bertz CT molecular complexity index is 1020. The first kappa shape index (κ1) is 20.7. The number of hydrogen-bond donors (Lipinski definition) is 3. The van der Waals surface area contributed by atoms with E-state index in [4.69, 9.17) is 9.84 Å². The number of carbonyl (C=O) groups is 4. The number of aromatic amines is 1. The number of carboxylic acids is 2. The van der Waals surface area contributed by atoms with Crippen molar-refractivity contribution in [2.45, 2.75) is 28.2 Å². The summed E-state index contributed by atoms with van der Waals surface area (Å²) >= 11 is 0.849. The smallest absolute Gasteiger partial charge is 0.328 e. The number of carboxylic acid groups (broad SMARTS) is 2. The monoisotopic (exact) mass is 447 g/mol. The quantitative estimate of drug-likeness (QED) is 0.173. The van der Waals surface area contributed by atoms with Gasteiger partial charge in [-0.1, -0.05) is 11.8 Å². The molecule has 1 amide bonds. The summed E-state index contributed by atoms with van der Waals surface area (Å²) in [5.41, 5.74) is -0.550. The van der Waals surface area contributed by atoms with Crippen molar-refractivity contribution < 1.29 is 42.5 Å². The number of thioether (sulfide) groups is 1. The third-order valence-electron chi connectivity index (χ3n) is 4.48. The Labute approximate surface area is 166 Å². The minimum absolute atomic E-state index is 0.142. The van der Waals surface area contributed by atoms with E-state index in [-0.39, 0.29) is 10.9 Å². The van der Waals surface area contributed by atoms with Crippen LogP contribution in [0.25, 0.3) is 0 Å². The van der Waals surface area contributed by atoms with E-state index in [0.717, 1.165) is 18.7 Å². The van der Waals surface area contributed by atoms with Gasteiger partial charge < -0.3 is 19.8 Å². The molecule has 2 fully saturated rings. The van der Waals surface area contributed by atoms with Crippen molar-refractivity contribution in [3.05, 3.63) is 11.6 Å². The van der Waals surface area contributed by atoms with Crippen LogP contribution >= 0.6 is 11.8 Å². The highest BCUT2D eigenvalue weighted by Gasteiger charge is 2.72. The van der Waals surface area contributed by atoms with E-state index >= 15 is 0 Å². The molecule has 14 nitrogen and oxygen atoms in total. The maximum absolute atomic E-state index is 13.0. The maximum atomic E-state index is 13.0. The average molecular weight is 447 g/mol. The van der Waals surface area contributed by atoms with Gasteiger partial charge in [-0.3, -0.25) is 9.59 Å². The number of carbonyl (C=O) groups excluding carboxylic acids is 2. The summed E-state index contributed by atoms with van der Waals surface area (Å²) in [5, 5.41) is 29.4. The first-order valence-corrected chi connectivity index (χ1v) is 10.3. The van der Waals surface area contributed by atoms with E-state index in [0.29, 0.717) is 11.0 Å². The van der Waals surface area contributed by atoms with Gasteiger partial charge in [-0.05, 0) is 12.1 Å². The average Bonchev–Trinajstić information content (AvgIpc) is 3.20. The largest absolute Gasteiger partial charge is 0.480 e. The Morgan fingerprint density at radius 2 is 2.07 bits per heavy atom. The first-order chi connectivity index (χ1) is 13.5. The van der Waals surface area contributed by atoms with E-state index in [2.05, 4.69) is 20.6 Å². The van der Waals surface area contributed by atoms with Crippen molar-refractivity contribution in [2.24, 2.45) is 0 Å². The van der Waals surface area contributed by atoms with Crippen LogP contribution in [0.15, 0.2) is 16.8 Å². The number of sulfone groups is 1. The topological polar surface area (TPSA) is 210 Å². The van der Waals surface area contributed by atoms with Crippen LogP contribution in [0, 0.1) is 0 Å². The number of tetrazole rings is 1. The Kier molecular flexibility index (Phi) is 5.08. The van der Waals surface area contributed by atoms with Crippen LogP contribution in [0.4, 0.5) is 0 Å². The fourth-order valence-corrected chi connectivity index (χ4v) is 5.94. The summed E-state index contributed by atoms with van der Waals surface area (Å²) in [6.45, 7) is 0.184. The molecular weight excluding hydrogens is 434 g/mol. The Morgan fingerprint density at radius 1 is 1.38 bits per heavy atom. The number of esters is 1. The zero-order chi connectivity index (χ0) is 21.6. The maximum Gasteiger partial charge on any atom is 0.328 e. The fourth-order valence-electron chi connectivity index (χ4n) is 3.13. The molecule has 2 aliphatic heterocycles. The number of hydrogen-bond acceptors (Lipinski definition) is 11. The van der Waals surface area contributed by atoms with Crippen LogP contribution in [0.3, 0.4) is 0 Å². The molecule has 2 aliphatic rings. The lowest BCUT2D eigenvalue weighted by molar-refractivity contribution is -0.155. The Balaban J connectivity index is 1.82. The van der Waals surface area contributed by atoms with E-state index in [9.17, 15) is 32.7 Å². The van der Waals surface area contributed by atoms with Crippen molar-refractivity contribution in [2.75, 3.05) is 12.4 Å². The molecule has 0 unspecified atom stereocenters. The van der Waals surface area contributed by atoms with E-state index in [1.165, 1.54) is 0 Å². The normalized spacial score (nSPS) is 28.7. The van der Waals surface area contributed by atoms with Gasteiger partial charge in [-0.25, -0.2) is 18.0 Å². The molecule has 1 aromatic rings. The SMILES string of the molecule is C[C@]1(COC(=O)CSc2nn[nH]n2)[C@H](C(=O)O)N2C(=O)/C(=C\C(=O)O)[C@H]2S1(=O)=O. The zero-order valence-corrected chi connectivity index (χ0v) is 16.1. The number of fused-ring (bicyclic) bond motifs is 1. The highest BCUT2D eigenvalue weighted by molar-refractivity contribution is 7.99. The Hall–Kier alpha value is -3.01. The number of rotatable bonds is 7. The fraction of sp³-hybridized carbons (Fsp3) is 0.462. The van der Waals surface area contributed by atoms with Crippen LogP contribution in [-0.2, 0) is 33.8 Å². The van der Waals surface area contributed by atoms with Gasteiger partial charge in [-0.15, -0.1) is 10.2 Å². The molecule has 1 aromatic heterocycles. The second-order valence-electron chi connectivity index (χ2n) is 6.24. The lowest BCUT2D eigenvalue weighted by Gasteiger charge is -2.37. The summed E-state index contributed by atoms with van der Waals surface area (Å²) in [4.78, 5) is 47.3. The van der Waals surface area contributed by atoms with Gasteiger partial charge in [0, 0.05) is 6.08 Å². The minimum Gasteiger partial charge on any atom is -0.480 e. The van der Waals surface area contributed by atoms with Crippen molar-refractivity contribution in [3.8, 4) is 0 Å². The molecule has 3 rings (SSSR count). The molecule has 3 atom stereocenters. The van der Waals surface area contributed by atoms with E-state index in [1.54, 1.807) is 0 Å². The van der Waals surface area contributed by atoms with Crippen LogP contribution in [0.2, 0.25) is 0 Å². The molecule has 2 saturated heterocycles. The molecule has 0 aliphatic carbocycles. The molecule has 29 heavy (non-hydrogen) atoms. The lowest BCUT2D eigenvalue weighted by Crippen LogP contribution is -2.59. The number of aromatic nitrogens is 4. The number of ether oxygens (including phenoxy) is 1. The summed E-state index contributed by atoms with van der Waals surface area (Å²) in [7, 11) is -4.43. The standard InChI is InChI=1S/C13H13N5O9S2/c1-13(4-27-7(21)3-28-12-14-16-17-15-12)8(11(23)24)18-9(22)5(2-6(19)20)10(18)29(13,25)26/h2,8,10H,3-4H2,1H3,(H,19,20)(H,23,24)(H,14,15,16,17)/b5-2+/t8-,10+,13-/m0/s1. The van der Waals surface area contributed by atoms with Crippen LogP contribution in [0.1, 0.15) is 6.92 Å². The van der Waals surface area contributed by atoms with Crippen LogP contribution in [-0.4, -0.2) is 96.5 Å². The predicted octanol–water partition coefficient (Wildman–Crippen LogP) is -2.35. The van der Waals surface area contributed by atoms with Gasteiger partial charge in [-0.2, -0.15) is 5.21 Å². The number of nitrogens with one attached hydrogen (secondary N) is 1. The van der Waals surface area contributed by atoms with Gasteiger partial charge in [0.15, 0.2) is 21.3 Å². The van der Waals surface area contributed by atoms with E-state index in [1.807, 2.05) is 0 Å². The second kappa shape index (κ2) is 7.11. The summed E-state index contributed by atoms with van der Waals surface area (Å²) in [6.07, 6.45) is 0.430. The van der Waals surface area contributed by atoms with Gasteiger partial charge in [0.05, 0.1) is 11.3 Å². The van der Waals surface area contributed by atoms with Crippen molar-refractivity contribution in [3.63, 3.8) is 0 Å².